The van der Waals surface area contributed by atoms with Gasteiger partial charge in [0, 0.05) is 4.47 Å². The van der Waals surface area contributed by atoms with Crippen molar-refractivity contribution in [2.24, 2.45) is 5.41 Å². The first-order valence-corrected chi connectivity index (χ1v) is 6.67. The summed E-state index contributed by atoms with van der Waals surface area (Å²) in [5.74, 6) is -0.668. The Balaban J connectivity index is 2.31. The Bertz CT molecular complexity index is 588. The summed E-state index contributed by atoms with van der Waals surface area (Å²) in [5.41, 5.74) is -2.45. The fourth-order valence-corrected chi connectivity index (χ4v) is 2.38. The summed E-state index contributed by atoms with van der Waals surface area (Å²) < 4.78 is 39.0. The van der Waals surface area contributed by atoms with Gasteiger partial charge in [0.05, 0.1) is 17.3 Å². The number of rotatable bonds is 2. The number of nitriles is 1. The van der Waals surface area contributed by atoms with Gasteiger partial charge in [0.1, 0.15) is 5.41 Å². The number of nitrogens with one attached hydrogen (secondary N) is 1. The maximum absolute atomic E-state index is 12.9. The second kappa shape index (κ2) is 5.09. The van der Waals surface area contributed by atoms with E-state index in [0.29, 0.717) is 12.8 Å². The van der Waals surface area contributed by atoms with Crippen LogP contribution in [0, 0.1) is 16.7 Å². The molecular weight excluding hydrogens is 337 g/mol. The lowest BCUT2D eigenvalue weighted by molar-refractivity contribution is -0.137. The minimum absolute atomic E-state index is 0.265. The zero-order chi connectivity index (χ0) is 15.0. The van der Waals surface area contributed by atoms with E-state index in [-0.39, 0.29) is 10.2 Å². The molecule has 0 spiro atoms. The summed E-state index contributed by atoms with van der Waals surface area (Å²) in [6.45, 7) is 0. The first-order chi connectivity index (χ1) is 9.28. The lowest BCUT2D eigenvalue weighted by atomic mass is 9.69. The Kier molecular flexibility index (Phi) is 3.78. The zero-order valence-corrected chi connectivity index (χ0v) is 11.8. The largest absolute Gasteiger partial charge is 0.418 e. The van der Waals surface area contributed by atoms with Gasteiger partial charge < -0.3 is 5.32 Å². The molecule has 1 aliphatic carbocycles. The normalized spacial score (nSPS) is 16.9. The highest BCUT2D eigenvalue weighted by Crippen LogP contribution is 2.42. The zero-order valence-electron chi connectivity index (χ0n) is 10.2. The van der Waals surface area contributed by atoms with Crippen LogP contribution in [0.5, 0.6) is 0 Å². The van der Waals surface area contributed by atoms with Gasteiger partial charge in [-0.3, -0.25) is 4.79 Å². The van der Waals surface area contributed by atoms with Crippen LogP contribution in [0.2, 0.25) is 0 Å². The molecule has 20 heavy (non-hydrogen) atoms. The number of nitrogens with zero attached hydrogens (tertiary/aromatic N) is 1. The van der Waals surface area contributed by atoms with Crippen molar-refractivity contribution in [2.45, 2.75) is 25.4 Å². The maximum Gasteiger partial charge on any atom is 0.418 e. The van der Waals surface area contributed by atoms with Gasteiger partial charge in [0.2, 0.25) is 5.91 Å². The van der Waals surface area contributed by atoms with Crippen LogP contribution in [0.25, 0.3) is 0 Å². The van der Waals surface area contributed by atoms with E-state index >= 15 is 0 Å². The van der Waals surface area contributed by atoms with Crippen LogP contribution < -0.4 is 5.32 Å². The van der Waals surface area contributed by atoms with Crippen molar-refractivity contribution >= 4 is 27.5 Å². The van der Waals surface area contributed by atoms with Crippen LogP contribution in [-0.4, -0.2) is 5.91 Å². The number of alkyl halides is 3. The van der Waals surface area contributed by atoms with Gasteiger partial charge in [0.15, 0.2) is 0 Å². The lowest BCUT2D eigenvalue weighted by Gasteiger charge is -2.33. The first-order valence-electron chi connectivity index (χ1n) is 5.88. The molecule has 0 saturated heterocycles. The molecule has 1 aliphatic rings. The van der Waals surface area contributed by atoms with Crippen molar-refractivity contribution in [3.8, 4) is 6.07 Å². The quantitative estimate of drug-likeness (QED) is 0.876. The van der Waals surface area contributed by atoms with Crippen molar-refractivity contribution in [1.82, 2.24) is 0 Å². The molecule has 0 heterocycles. The molecule has 0 aliphatic heterocycles. The smallest absolute Gasteiger partial charge is 0.324 e. The third-order valence-corrected chi connectivity index (χ3v) is 3.88. The molecule has 0 radical (unpaired) electrons. The van der Waals surface area contributed by atoms with Gasteiger partial charge >= 0.3 is 6.18 Å². The molecule has 0 aromatic heterocycles. The predicted octanol–water partition coefficient (Wildman–Crippen LogP) is 4.10. The number of anilines is 1. The van der Waals surface area contributed by atoms with E-state index in [1.165, 1.54) is 12.1 Å². The molecule has 2 rings (SSSR count). The SMILES string of the molecule is N#CC1(C(=O)Nc2ccc(Br)cc2C(F)(F)F)CCC1. The van der Waals surface area contributed by atoms with Crippen LogP contribution in [0.1, 0.15) is 24.8 Å². The Morgan fingerprint density at radius 1 is 1.40 bits per heavy atom. The molecule has 0 atom stereocenters. The summed E-state index contributed by atoms with van der Waals surface area (Å²) in [7, 11) is 0. The Labute approximate surface area is 121 Å². The third kappa shape index (κ3) is 2.66. The van der Waals surface area contributed by atoms with Crippen molar-refractivity contribution < 1.29 is 18.0 Å². The number of halogens is 4. The maximum atomic E-state index is 12.9. The van der Waals surface area contributed by atoms with Crippen molar-refractivity contribution in [1.29, 1.82) is 5.26 Å². The van der Waals surface area contributed by atoms with E-state index in [0.717, 1.165) is 12.5 Å². The summed E-state index contributed by atoms with van der Waals surface area (Å²) in [6, 6.07) is 5.38. The van der Waals surface area contributed by atoms with Gasteiger partial charge in [-0.05, 0) is 37.5 Å². The molecular formula is C13H10BrF3N2O. The Hall–Kier alpha value is -1.55. The van der Waals surface area contributed by atoms with E-state index in [4.69, 9.17) is 5.26 Å². The standard InChI is InChI=1S/C13H10BrF3N2O/c14-8-2-3-10(9(6-8)13(15,16)17)19-11(20)12(7-18)4-1-5-12/h2-3,6H,1,4-5H2,(H,19,20). The molecule has 0 unspecified atom stereocenters. The minimum atomic E-state index is -4.58. The fourth-order valence-electron chi connectivity index (χ4n) is 2.02. The van der Waals surface area contributed by atoms with Crippen molar-refractivity contribution in [3.63, 3.8) is 0 Å². The average molecular weight is 347 g/mol. The van der Waals surface area contributed by atoms with Crippen LogP contribution in [0.3, 0.4) is 0 Å². The van der Waals surface area contributed by atoms with E-state index in [1.807, 2.05) is 6.07 Å². The highest BCUT2D eigenvalue weighted by Gasteiger charge is 2.45. The second-order valence-electron chi connectivity index (χ2n) is 4.69. The molecule has 1 N–H and O–H groups in total. The predicted molar refractivity (Wildman–Crippen MR) is 69.7 cm³/mol. The average Bonchev–Trinajstić information content (AvgIpc) is 2.29. The van der Waals surface area contributed by atoms with Gasteiger partial charge in [-0.2, -0.15) is 18.4 Å². The molecule has 3 nitrogen and oxygen atoms in total. The van der Waals surface area contributed by atoms with E-state index < -0.39 is 23.1 Å². The third-order valence-electron chi connectivity index (χ3n) is 3.39. The molecule has 7 heteroatoms. The van der Waals surface area contributed by atoms with Crippen LogP contribution >= 0.6 is 15.9 Å². The topological polar surface area (TPSA) is 52.9 Å². The summed E-state index contributed by atoms with van der Waals surface area (Å²) in [6.07, 6.45) is -3.08. The van der Waals surface area contributed by atoms with Gasteiger partial charge in [-0.1, -0.05) is 15.9 Å². The second-order valence-corrected chi connectivity index (χ2v) is 5.60. The Morgan fingerprint density at radius 3 is 2.50 bits per heavy atom. The van der Waals surface area contributed by atoms with E-state index in [1.54, 1.807) is 0 Å². The number of hydrogen-bond donors (Lipinski definition) is 1. The fraction of sp³-hybridized carbons (Fsp3) is 0.385. The summed E-state index contributed by atoms with van der Waals surface area (Å²) >= 11 is 2.97. The number of carbonyl (C=O) groups is 1. The summed E-state index contributed by atoms with van der Waals surface area (Å²) in [4.78, 5) is 12.0. The van der Waals surface area contributed by atoms with Gasteiger partial charge in [0.25, 0.3) is 0 Å². The molecule has 1 aromatic rings. The molecule has 1 aromatic carbocycles. The molecule has 1 amide bonds. The molecule has 106 valence electrons. The molecule has 1 fully saturated rings. The van der Waals surface area contributed by atoms with Gasteiger partial charge in [-0.15, -0.1) is 0 Å². The lowest BCUT2D eigenvalue weighted by Crippen LogP contribution is -2.41. The highest BCUT2D eigenvalue weighted by atomic mass is 79.9. The minimum Gasteiger partial charge on any atom is -0.324 e. The van der Waals surface area contributed by atoms with Crippen LogP contribution in [-0.2, 0) is 11.0 Å². The highest BCUT2D eigenvalue weighted by molar-refractivity contribution is 9.10. The number of benzene rings is 1. The van der Waals surface area contributed by atoms with Crippen molar-refractivity contribution in [2.75, 3.05) is 5.32 Å². The van der Waals surface area contributed by atoms with Crippen molar-refractivity contribution in [3.05, 3.63) is 28.2 Å². The number of carbonyl (C=O) groups excluding carboxylic acids is 1. The van der Waals surface area contributed by atoms with Crippen LogP contribution in [0.15, 0.2) is 22.7 Å². The van der Waals surface area contributed by atoms with Gasteiger partial charge in [-0.25, -0.2) is 0 Å². The van der Waals surface area contributed by atoms with E-state index in [9.17, 15) is 18.0 Å². The Morgan fingerprint density at radius 2 is 2.05 bits per heavy atom. The van der Waals surface area contributed by atoms with E-state index in [2.05, 4.69) is 21.2 Å². The van der Waals surface area contributed by atoms with Crippen LogP contribution in [0.4, 0.5) is 18.9 Å². The monoisotopic (exact) mass is 346 g/mol. The number of hydrogen-bond acceptors (Lipinski definition) is 2. The number of amides is 1. The molecule has 0 bridgehead atoms. The first kappa shape index (κ1) is 14.9. The summed E-state index contributed by atoms with van der Waals surface area (Å²) in [5, 5.41) is 11.3. The molecule has 1 saturated carbocycles.